The molecule has 0 bridgehead atoms. The van der Waals surface area contributed by atoms with Crippen molar-refractivity contribution in [3.63, 3.8) is 0 Å². The van der Waals surface area contributed by atoms with Crippen molar-refractivity contribution in [3.05, 3.63) is 143 Å². The minimum absolute atomic E-state index is 0.189. The smallest absolute Gasteiger partial charge is 0.410 e. The Morgan fingerprint density at radius 1 is 0.402 bits per heavy atom. The first-order chi connectivity index (χ1) is 48.7. The second-order valence-electron chi connectivity index (χ2n) is 30.8. The van der Waals surface area contributed by atoms with E-state index in [1.165, 1.54) is 55.9 Å². The summed E-state index contributed by atoms with van der Waals surface area (Å²) in [4.78, 5) is 44.3. The van der Waals surface area contributed by atoms with Crippen LogP contribution in [0.25, 0.3) is 0 Å². The molecule has 0 spiro atoms. The Kier molecular flexibility index (Phi) is 33.3. The number of benzene rings is 3. The highest BCUT2D eigenvalue weighted by Gasteiger charge is 2.54. The Labute approximate surface area is 607 Å². The number of unbranched alkanes of at least 4 members (excludes halogenated alkanes) is 15. The zero-order valence-electron chi connectivity index (χ0n) is 62.9. The lowest BCUT2D eigenvalue weighted by Crippen LogP contribution is -2.59. The number of carbonyl (C=O) groups excluding carboxylic acids is 3. The van der Waals surface area contributed by atoms with Crippen LogP contribution in [0.1, 0.15) is 234 Å². The van der Waals surface area contributed by atoms with Gasteiger partial charge >= 0.3 is 18.3 Å². The number of fused-ring (bicyclic) bond motifs is 4. The second kappa shape index (κ2) is 40.6. The fourth-order valence-corrected chi connectivity index (χ4v) is 13.5. The van der Waals surface area contributed by atoms with E-state index in [9.17, 15) is 45.0 Å². The van der Waals surface area contributed by atoms with E-state index in [-0.39, 0.29) is 30.4 Å². The fraction of sp³-hybridized carbons (Fsp3) is 0.667. The number of rotatable bonds is 28. The Bertz CT molecular complexity index is 3060. The molecule has 3 aliphatic carbocycles. The molecule has 3 fully saturated rings. The molecule has 3 aromatic carbocycles. The summed E-state index contributed by atoms with van der Waals surface area (Å²) in [6.45, 7) is 24.6. The molecule has 3 aliphatic heterocycles. The van der Waals surface area contributed by atoms with Crippen LogP contribution in [0.15, 0.2) is 126 Å². The van der Waals surface area contributed by atoms with E-state index in [0.717, 1.165) is 98.5 Å². The van der Waals surface area contributed by atoms with E-state index < -0.39 is 115 Å². The number of hydrogen-bond donors (Lipinski definition) is 6. The summed E-state index contributed by atoms with van der Waals surface area (Å²) in [7, 11) is 0. The predicted molar refractivity (Wildman–Crippen MR) is 391 cm³/mol. The van der Waals surface area contributed by atoms with Gasteiger partial charge in [-0.25, -0.2) is 14.4 Å². The summed E-state index contributed by atoms with van der Waals surface area (Å²) < 4.78 is 54.9. The van der Waals surface area contributed by atoms with Crippen LogP contribution in [0.4, 0.5) is 14.4 Å². The summed E-state index contributed by atoms with van der Waals surface area (Å²) in [5, 5.41) is 62.0. The van der Waals surface area contributed by atoms with Crippen molar-refractivity contribution in [2.75, 3.05) is 39.5 Å². The third-order valence-corrected chi connectivity index (χ3v) is 18.8. The average Bonchev–Trinajstić information content (AvgIpc) is 1.41. The highest BCUT2D eigenvalue weighted by Crippen LogP contribution is 2.45. The Balaban J connectivity index is 0.000000220. The quantitative estimate of drug-likeness (QED) is 0.0224. The van der Waals surface area contributed by atoms with Crippen LogP contribution in [0.5, 0.6) is 0 Å². The Morgan fingerprint density at radius 2 is 0.735 bits per heavy atom. The molecule has 6 aliphatic rings. The lowest BCUT2D eigenvalue weighted by Gasteiger charge is -2.44. The number of ether oxygens (including phenoxy) is 9. The molecule has 3 saturated heterocycles. The number of hydrogen-bond acceptors (Lipinski definition) is 18. The fourth-order valence-electron chi connectivity index (χ4n) is 13.5. The maximum absolute atomic E-state index is 13.7. The third-order valence-electron chi connectivity index (χ3n) is 18.8. The van der Waals surface area contributed by atoms with Crippen molar-refractivity contribution in [1.29, 1.82) is 0 Å². The first-order valence-electron chi connectivity index (χ1n) is 37.8. The van der Waals surface area contributed by atoms with Crippen LogP contribution in [0.3, 0.4) is 0 Å². The van der Waals surface area contributed by atoms with Crippen molar-refractivity contribution >= 4 is 18.3 Å². The third kappa shape index (κ3) is 24.9. The van der Waals surface area contributed by atoms with Gasteiger partial charge in [0.25, 0.3) is 0 Å². The average molecular weight is 1430 g/mol. The van der Waals surface area contributed by atoms with Crippen molar-refractivity contribution < 1.29 is 87.7 Å². The van der Waals surface area contributed by atoms with Crippen LogP contribution in [0.2, 0.25) is 0 Å². The van der Waals surface area contributed by atoms with Crippen molar-refractivity contribution in [2.24, 2.45) is 0 Å². The van der Waals surface area contributed by atoms with Crippen LogP contribution >= 0.6 is 0 Å². The number of amides is 3. The van der Waals surface area contributed by atoms with Gasteiger partial charge in [0.05, 0.1) is 37.9 Å². The minimum atomic E-state index is -1.48. The number of nitrogens with zero attached hydrogens (tertiary/aromatic N) is 3. The molecule has 9 rings (SSSR count). The lowest BCUT2D eigenvalue weighted by atomic mass is 9.86. The summed E-state index contributed by atoms with van der Waals surface area (Å²) in [5.41, 5.74) is 2.67. The monoisotopic (exact) mass is 1430 g/mol. The van der Waals surface area contributed by atoms with Crippen LogP contribution < -0.4 is 0 Å². The lowest BCUT2D eigenvalue weighted by molar-refractivity contribution is -0.228. The molecule has 6 unspecified atom stereocenters. The SMILES string of the molecule is CCCCCCCCN(C(=O)OC(C)(C)C)[C@@H]1C=C(CO)[C@H](O)C(O)[C@@H]1O.CCCCCCCCN(C(=O)OC(C)(C)C)[C@@H]1C=C2COC(c3ccccc3)O[C@@H]2C(O)[C@@H]1O.CCCCCCCCN(C(=O)OC(C)(C)C)[C@@H]1C=C2COC(c3ccccc3)O[C@@H]2C2OC(c3ccccc3)O[C@@H]21. The van der Waals surface area contributed by atoms with E-state index in [4.69, 9.17) is 42.6 Å². The molecular formula is C81H123N3O18. The van der Waals surface area contributed by atoms with Gasteiger partial charge in [-0.05, 0) is 98.3 Å². The zero-order chi connectivity index (χ0) is 74.2. The maximum Gasteiger partial charge on any atom is 0.410 e. The minimum Gasteiger partial charge on any atom is -0.444 e. The van der Waals surface area contributed by atoms with Gasteiger partial charge in [0.2, 0.25) is 0 Å². The molecule has 0 radical (unpaired) electrons. The summed E-state index contributed by atoms with van der Waals surface area (Å²) in [6.07, 6.45) is 13.4. The van der Waals surface area contributed by atoms with Crippen LogP contribution in [-0.4, -0.2) is 193 Å². The number of aliphatic hydroxyl groups excluding tert-OH is 6. The number of carbonyl (C=O) groups is 3. The highest BCUT2D eigenvalue weighted by atomic mass is 16.8. The van der Waals surface area contributed by atoms with E-state index >= 15 is 0 Å². The Morgan fingerprint density at radius 3 is 1.14 bits per heavy atom. The zero-order valence-corrected chi connectivity index (χ0v) is 62.9. The standard InChI is InChI=1S/C34H45NO6.C27H41NO6.C20H37NO6/c1-5-6-7-8-9-16-21-35(33(36)41-34(2,3)4)27-22-26-23-37-31(24-17-12-10-13-18-24)38-28(26)30-29(27)39-32(40-30)25-19-14-11-15-20-25;1-5-6-7-8-9-13-16-28(26(31)34-27(2,3)4)21-17-20-18-32-25(19-14-11-10-12-15-19)33-24(20)23(30)22(21)29;1-5-6-7-8-9-10-11-21(19(26)27-20(2,3)4)15-12-14(13-22)16(23)18(25)17(15)24/h10-15,17-20,22,27-32H,5-9,16,21,23H2,1-4H3;10-12,14-15,17,21-25,29-30H,5-9,13,16,18H2,1-4H3;12,15-18,22-25H,5-11,13H2,1-4H3/t27-,28+,29-,30?,31?,32?;21-,22-,23?,24+,25?;15-,16+,17-,18?/m111/s1. The van der Waals surface area contributed by atoms with E-state index in [2.05, 4.69) is 26.8 Å². The molecule has 0 aromatic heterocycles. The molecule has 3 amide bonds. The topological polar surface area (TPSA) is 265 Å². The van der Waals surface area contributed by atoms with Gasteiger partial charge in [-0.3, -0.25) is 14.7 Å². The molecule has 102 heavy (non-hydrogen) atoms. The predicted octanol–water partition coefficient (Wildman–Crippen LogP) is 14.2. The molecule has 3 heterocycles. The Hall–Kier alpha value is -5.79. The van der Waals surface area contributed by atoms with E-state index in [0.29, 0.717) is 26.2 Å². The van der Waals surface area contributed by atoms with Crippen LogP contribution in [-0.2, 0) is 42.6 Å². The van der Waals surface area contributed by atoms with E-state index in [1.807, 2.05) is 144 Å². The van der Waals surface area contributed by atoms with Gasteiger partial charge in [-0.2, -0.15) is 0 Å². The highest BCUT2D eigenvalue weighted by molar-refractivity contribution is 5.70. The maximum atomic E-state index is 13.7. The van der Waals surface area contributed by atoms with Crippen molar-refractivity contribution in [2.45, 2.75) is 307 Å². The molecule has 6 N–H and O–H groups in total. The van der Waals surface area contributed by atoms with Gasteiger partial charge in [0, 0.05) is 36.3 Å². The van der Waals surface area contributed by atoms with Crippen LogP contribution in [0, 0.1) is 0 Å². The molecule has 21 nitrogen and oxygen atoms in total. The van der Waals surface area contributed by atoms with Crippen molar-refractivity contribution in [3.8, 4) is 0 Å². The molecular weight excluding hydrogens is 1300 g/mol. The van der Waals surface area contributed by atoms with Gasteiger partial charge in [-0.15, -0.1) is 0 Å². The second-order valence-corrected chi connectivity index (χ2v) is 30.8. The largest absolute Gasteiger partial charge is 0.444 e. The molecule has 0 saturated carbocycles. The van der Waals surface area contributed by atoms with Crippen molar-refractivity contribution in [1.82, 2.24) is 14.7 Å². The molecule has 3 aromatic rings. The van der Waals surface area contributed by atoms with E-state index in [1.54, 1.807) is 25.7 Å². The molecule has 21 heteroatoms. The normalized spacial score (nSPS) is 26.9. The van der Waals surface area contributed by atoms with Gasteiger partial charge in [0.1, 0.15) is 71.7 Å². The number of aliphatic hydroxyl groups is 6. The van der Waals surface area contributed by atoms with Gasteiger partial charge in [0.15, 0.2) is 18.9 Å². The summed E-state index contributed by atoms with van der Waals surface area (Å²) in [6, 6.07) is 27.5. The van der Waals surface area contributed by atoms with Gasteiger partial charge < -0.3 is 73.3 Å². The molecule has 15 atom stereocenters. The first-order valence-corrected chi connectivity index (χ1v) is 37.8. The van der Waals surface area contributed by atoms with Gasteiger partial charge in [-0.1, -0.05) is 226 Å². The summed E-state index contributed by atoms with van der Waals surface area (Å²) >= 11 is 0. The first kappa shape index (κ1) is 83.5. The summed E-state index contributed by atoms with van der Waals surface area (Å²) in [5.74, 6) is 0. The molecule has 570 valence electrons.